The molecule has 0 aromatic carbocycles. The second-order valence-electron chi connectivity index (χ2n) is 3.25. The number of H-pyrrole nitrogens is 1. The number of nitrogens with zero attached hydrogens (tertiary/aromatic N) is 3. The number of tetrazole rings is 1. The van der Waals surface area contributed by atoms with Gasteiger partial charge in [0.1, 0.15) is 0 Å². The van der Waals surface area contributed by atoms with Crippen LogP contribution >= 0.6 is 7.60 Å². The molecule has 1 aromatic rings. The minimum absolute atomic E-state index is 0.0555. The molecule has 0 amide bonds. The second-order valence-corrected chi connectivity index (χ2v) is 4.94. The molecule has 0 fully saturated rings. The van der Waals surface area contributed by atoms with Crippen molar-refractivity contribution >= 4 is 13.6 Å². The van der Waals surface area contributed by atoms with Crippen molar-refractivity contribution in [2.45, 2.75) is 12.8 Å². The fourth-order valence-corrected chi connectivity index (χ4v) is 2.08. The summed E-state index contributed by atoms with van der Waals surface area (Å²) < 4.78 is 10.7. The van der Waals surface area contributed by atoms with Crippen LogP contribution in [0, 0.1) is 5.92 Å². The standard InChI is InChI=1S/C6H11N4O5P/c11-6(12)4(3-16(13,14)15)1-2-5-7-9-10-8-5/h4H,1-3H2,(H,11,12)(H2,13,14,15)(H,7,8,9,10). The van der Waals surface area contributed by atoms with Crippen LogP contribution in [0.2, 0.25) is 0 Å². The average Bonchev–Trinajstić information content (AvgIpc) is 2.62. The molecule has 1 unspecified atom stereocenters. The van der Waals surface area contributed by atoms with Gasteiger partial charge in [-0.2, -0.15) is 5.21 Å². The van der Waals surface area contributed by atoms with Crippen LogP contribution in [-0.2, 0) is 15.8 Å². The number of hydrogen-bond acceptors (Lipinski definition) is 5. The van der Waals surface area contributed by atoms with Crippen LogP contribution in [-0.4, -0.2) is 47.6 Å². The average molecular weight is 250 g/mol. The first-order chi connectivity index (χ1) is 7.38. The third-order valence-electron chi connectivity index (χ3n) is 1.91. The van der Waals surface area contributed by atoms with Crippen molar-refractivity contribution < 1.29 is 24.3 Å². The highest BCUT2D eigenvalue weighted by Crippen LogP contribution is 2.37. The van der Waals surface area contributed by atoms with Crippen LogP contribution in [0.3, 0.4) is 0 Å². The van der Waals surface area contributed by atoms with E-state index in [0.717, 1.165) is 0 Å². The van der Waals surface area contributed by atoms with Gasteiger partial charge in [0.05, 0.1) is 12.1 Å². The fourth-order valence-electron chi connectivity index (χ4n) is 1.17. The molecule has 1 atom stereocenters. The first-order valence-electron chi connectivity index (χ1n) is 4.38. The van der Waals surface area contributed by atoms with Crippen LogP contribution in [0.4, 0.5) is 0 Å². The molecule has 1 aromatic heterocycles. The van der Waals surface area contributed by atoms with Gasteiger partial charge in [-0.1, -0.05) is 5.21 Å². The summed E-state index contributed by atoms with van der Waals surface area (Å²) in [6.45, 7) is 0. The van der Waals surface area contributed by atoms with Crippen LogP contribution in [0.15, 0.2) is 0 Å². The van der Waals surface area contributed by atoms with Gasteiger partial charge in [-0.05, 0) is 6.42 Å². The van der Waals surface area contributed by atoms with Crippen molar-refractivity contribution in [1.29, 1.82) is 0 Å². The van der Waals surface area contributed by atoms with Crippen molar-refractivity contribution in [3.8, 4) is 0 Å². The monoisotopic (exact) mass is 250 g/mol. The van der Waals surface area contributed by atoms with Crippen molar-refractivity contribution in [1.82, 2.24) is 20.6 Å². The minimum atomic E-state index is -4.33. The normalized spacial score (nSPS) is 13.6. The van der Waals surface area contributed by atoms with Gasteiger partial charge in [-0.25, -0.2) is 0 Å². The molecule has 0 aliphatic carbocycles. The van der Waals surface area contributed by atoms with E-state index in [4.69, 9.17) is 14.9 Å². The second kappa shape index (κ2) is 5.15. The van der Waals surface area contributed by atoms with Gasteiger partial charge in [0.15, 0.2) is 5.82 Å². The summed E-state index contributed by atoms with van der Waals surface area (Å²) in [4.78, 5) is 28.1. The number of carboxylic acid groups (broad SMARTS) is 1. The lowest BCUT2D eigenvalue weighted by molar-refractivity contribution is -0.141. The van der Waals surface area contributed by atoms with E-state index >= 15 is 0 Å². The van der Waals surface area contributed by atoms with Crippen molar-refractivity contribution in [3.05, 3.63) is 5.82 Å². The zero-order chi connectivity index (χ0) is 12.2. The molecule has 0 spiro atoms. The molecule has 1 rings (SSSR count). The molecule has 90 valence electrons. The molecule has 0 radical (unpaired) electrons. The number of rotatable bonds is 6. The smallest absolute Gasteiger partial charge is 0.326 e. The Hall–Kier alpha value is -1.31. The van der Waals surface area contributed by atoms with Crippen LogP contribution in [0.5, 0.6) is 0 Å². The Kier molecular flexibility index (Phi) is 4.11. The van der Waals surface area contributed by atoms with Gasteiger partial charge in [-0.15, -0.1) is 10.2 Å². The lowest BCUT2D eigenvalue weighted by Crippen LogP contribution is -2.19. The van der Waals surface area contributed by atoms with Crippen molar-refractivity contribution in [3.63, 3.8) is 0 Å². The molecule has 0 saturated carbocycles. The van der Waals surface area contributed by atoms with E-state index < -0.39 is 25.6 Å². The SMILES string of the molecule is O=C(O)C(CCc1nn[nH]n1)CP(=O)(O)O. The topological polar surface area (TPSA) is 149 Å². The largest absolute Gasteiger partial charge is 0.481 e. The van der Waals surface area contributed by atoms with E-state index in [1.165, 1.54) is 0 Å². The predicted molar refractivity (Wildman–Crippen MR) is 50.5 cm³/mol. The number of aliphatic carboxylic acids is 1. The Morgan fingerprint density at radius 3 is 2.62 bits per heavy atom. The molecule has 0 bridgehead atoms. The van der Waals surface area contributed by atoms with Gasteiger partial charge in [-0.3, -0.25) is 9.36 Å². The Bertz CT molecular complexity index is 388. The summed E-state index contributed by atoms with van der Waals surface area (Å²) in [5.41, 5.74) is 0. The van der Waals surface area contributed by atoms with Crippen LogP contribution < -0.4 is 0 Å². The lowest BCUT2D eigenvalue weighted by atomic mass is 10.1. The zero-order valence-corrected chi connectivity index (χ0v) is 9.04. The van der Waals surface area contributed by atoms with E-state index in [-0.39, 0.29) is 12.8 Å². The molecule has 0 saturated heterocycles. The van der Waals surface area contributed by atoms with E-state index in [0.29, 0.717) is 5.82 Å². The first-order valence-corrected chi connectivity index (χ1v) is 6.18. The van der Waals surface area contributed by atoms with Crippen LogP contribution in [0.1, 0.15) is 12.2 Å². The number of aromatic nitrogens is 4. The maximum atomic E-state index is 10.7. The molecule has 1 heterocycles. The predicted octanol–water partition coefficient (Wildman–Crippen LogP) is -0.989. The molecule has 4 N–H and O–H groups in total. The number of aryl methyl sites for hydroxylation is 1. The van der Waals surface area contributed by atoms with E-state index in [1.54, 1.807) is 0 Å². The molecule has 0 aliphatic rings. The number of carbonyl (C=O) groups is 1. The highest BCUT2D eigenvalue weighted by Gasteiger charge is 2.27. The Balaban J connectivity index is 2.52. The van der Waals surface area contributed by atoms with Gasteiger partial charge in [0.2, 0.25) is 0 Å². The van der Waals surface area contributed by atoms with E-state index in [2.05, 4.69) is 20.6 Å². The highest BCUT2D eigenvalue weighted by atomic mass is 31.2. The summed E-state index contributed by atoms with van der Waals surface area (Å²) in [5.74, 6) is -2.04. The molecular formula is C6H11N4O5P. The third kappa shape index (κ3) is 4.47. The van der Waals surface area contributed by atoms with Gasteiger partial charge >= 0.3 is 13.6 Å². The Morgan fingerprint density at radius 1 is 1.50 bits per heavy atom. The zero-order valence-electron chi connectivity index (χ0n) is 8.15. The summed E-state index contributed by atoms with van der Waals surface area (Å²) in [6, 6.07) is 0. The van der Waals surface area contributed by atoms with Gasteiger partial charge in [0.25, 0.3) is 0 Å². The van der Waals surface area contributed by atoms with Gasteiger partial charge in [0, 0.05) is 6.42 Å². The molecule has 10 heteroatoms. The quantitative estimate of drug-likeness (QED) is 0.470. The Labute approximate surface area is 90.0 Å². The van der Waals surface area contributed by atoms with Crippen molar-refractivity contribution in [2.75, 3.05) is 6.16 Å². The molecule has 0 aliphatic heterocycles. The third-order valence-corrected chi connectivity index (χ3v) is 2.83. The molecular weight excluding hydrogens is 239 g/mol. The van der Waals surface area contributed by atoms with E-state index in [9.17, 15) is 9.36 Å². The van der Waals surface area contributed by atoms with Crippen molar-refractivity contribution in [2.24, 2.45) is 5.92 Å². The maximum Gasteiger partial charge on any atom is 0.326 e. The fraction of sp³-hybridized carbons (Fsp3) is 0.667. The highest BCUT2D eigenvalue weighted by molar-refractivity contribution is 7.51. The minimum Gasteiger partial charge on any atom is -0.481 e. The number of hydrogen-bond donors (Lipinski definition) is 4. The Morgan fingerprint density at radius 2 is 2.19 bits per heavy atom. The lowest BCUT2D eigenvalue weighted by Gasteiger charge is -2.11. The molecule has 16 heavy (non-hydrogen) atoms. The number of aromatic amines is 1. The summed E-state index contributed by atoms with van der Waals surface area (Å²) in [5, 5.41) is 21.5. The number of nitrogens with one attached hydrogen (secondary N) is 1. The van der Waals surface area contributed by atoms with E-state index in [1.807, 2.05) is 0 Å². The molecule has 9 nitrogen and oxygen atoms in total. The summed E-state index contributed by atoms with van der Waals surface area (Å²) in [7, 11) is -4.33. The summed E-state index contributed by atoms with van der Waals surface area (Å²) >= 11 is 0. The van der Waals surface area contributed by atoms with Gasteiger partial charge < -0.3 is 14.9 Å². The number of carboxylic acids is 1. The summed E-state index contributed by atoms with van der Waals surface area (Å²) in [6.07, 6.45) is -0.423. The maximum absolute atomic E-state index is 10.7. The van der Waals surface area contributed by atoms with Crippen LogP contribution in [0.25, 0.3) is 0 Å². The first kappa shape index (κ1) is 12.8.